The van der Waals surface area contributed by atoms with Gasteiger partial charge in [0.1, 0.15) is 11.5 Å². The zero-order valence-corrected chi connectivity index (χ0v) is 32.9. The van der Waals surface area contributed by atoms with Crippen molar-refractivity contribution in [3.63, 3.8) is 0 Å². The third kappa shape index (κ3) is 7.15. The number of methoxy groups -OCH3 is 2. The van der Waals surface area contributed by atoms with Crippen LogP contribution >= 0.6 is 23.2 Å². The first-order valence-electron chi connectivity index (χ1n) is 18.5. The SMILES string of the molecule is COCCN1CC[C@]2(CCN([C@@H]3CCc4cc(-c5cccc(-c6cccc(Nc7nc(C(F)(F)F)cc8cnn(C)c(=O)c78)c6Cl)c5Cl)nc(OC)c43)C2)NC1=O. The molecular weight excluding hydrogens is 784 g/mol. The van der Waals surface area contributed by atoms with E-state index in [1.165, 1.54) is 13.2 Å². The summed E-state index contributed by atoms with van der Waals surface area (Å²) < 4.78 is 53.7. The Kier molecular flexibility index (Phi) is 10.3. The minimum Gasteiger partial charge on any atom is -0.481 e. The molecule has 0 saturated carbocycles. The van der Waals surface area contributed by atoms with Crippen molar-refractivity contribution in [1.82, 2.24) is 34.9 Å². The second-order valence-corrected chi connectivity index (χ2v) is 15.4. The van der Waals surface area contributed by atoms with Crippen molar-refractivity contribution >= 4 is 51.5 Å². The maximum Gasteiger partial charge on any atom is 0.433 e. The van der Waals surface area contributed by atoms with Gasteiger partial charge in [0.15, 0.2) is 0 Å². The van der Waals surface area contributed by atoms with Gasteiger partial charge < -0.3 is 25.0 Å². The van der Waals surface area contributed by atoms with Crippen molar-refractivity contribution in [3.8, 4) is 28.3 Å². The molecule has 8 rings (SSSR count). The van der Waals surface area contributed by atoms with Gasteiger partial charge in [-0.1, -0.05) is 53.5 Å². The van der Waals surface area contributed by atoms with Crippen LogP contribution in [-0.2, 0) is 24.4 Å². The number of rotatable bonds is 9. The van der Waals surface area contributed by atoms with Crippen LogP contribution in [0.25, 0.3) is 33.2 Å². The predicted octanol–water partition coefficient (Wildman–Crippen LogP) is 7.63. The normalized spacial score (nSPS) is 19.7. The Morgan fingerprint density at radius 2 is 1.74 bits per heavy atom. The first-order valence-corrected chi connectivity index (χ1v) is 19.2. The molecule has 5 aromatic rings. The molecule has 57 heavy (non-hydrogen) atoms. The summed E-state index contributed by atoms with van der Waals surface area (Å²) in [5.41, 5.74) is 2.56. The number of likely N-dealkylation sites (tertiary alicyclic amines) is 1. The van der Waals surface area contributed by atoms with Gasteiger partial charge >= 0.3 is 12.2 Å². The number of anilines is 2. The zero-order valence-electron chi connectivity index (χ0n) is 31.3. The fourth-order valence-electron chi connectivity index (χ4n) is 8.34. The van der Waals surface area contributed by atoms with Crippen LogP contribution in [0.5, 0.6) is 5.88 Å². The Morgan fingerprint density at radius 3 is 2.47 bits per heavy atom. The van der Waals surface area contributed by atoms with E-state index in [4.69, 9.17) is 37.7 Å². The van der Waals surface area contributed by atoms with E-state index in [-0.39, 0.29) is 44.9 Å². The van der Waals surface area contributed by atoms with E-state index >= 15 is 0 Å². The number of carbonyl (C=O) groups is 1. The Labute approximate surface area is 335 Å². The van der Waals surface area contributed by atoms with Crippen LogP contribution in [0.1, 0.15) is 42.1 Å². The molecule has 2 N–H and O–H groups in total. The van der Waals surface area contributed by atoms with Gasteiger partial charge in [-0.25, -0.2) is 19.4 Å². The van der Waals surface area contributed by atoms with E-state index in [0.717, 1.165) is 60.6 Å². The van der Waals surface area contributed by atoms with Crippen molar-refractivity contribution in [2.75, 3.05) is 52.3 Å². The quantitative estimate of drug-likeness (QED) is 0.154. The van der Waals surface area contributed by atoms with E-state index < -0.39 is 17.4 Å². The molecule has 2 atom stereocenters. The van der Waals surface area contributed by atoms with E-state index in [2.05, 4.69) is 25.6 Å². The van der Waals surface area contributed by atoms with Crippen molar-refractivity contribution in [2.24, 2.45) is 7.05 Å². The van der Waals surface area contributed by atoms with Gasteiger partial charge in [0.05, 0.1) is 52.3 Å². The summed E-state index contributed by atoms with van der Waals surface area (Å²) in [4.78, 5) is 39.0. The Morgan fingerprint density at radius 1 is 1.00 bits per heavy atom. The number of aryl methyl sites for hydroxylation is 2. The third-order valence-corrected chi connectivity index (χ3v) is 12.1. The fraction of sp³-hybridized carbons (Fsp3) is 0.375. The Hall–Kier alpha value is -4.96. The van der Waals surface area contributed by atoms with Crippen LogP contribution in [0.3, 0.4) is 0 Å². The molecule has 3 aromatic heterocycles. The maximum absolute atomic E-state index is 13.9. The summed E-state index contributed by atoms with van der Waals surface area (Å²) in [6.07, 6.45) is -0.187. The average Bonchev–Trinajstić information content (AvgIpc) is 3.80. The standard InChI is InChI=1S/C40H39Cl2F3N8O4/c1-51-37(54)32-23(20-46-51)19-30(40(43,44)45)49-35(32)47-27-9-5-7-25(34(27)42)24-6-4-8-26(33(24)41)28-18-22-10-11-29(31(22)36(48-28)57-3)53-15-13-39(21-53)12-14-52(16-17-56-2)38(55)50-39/h4-9,18-20,29H,10-17,21H2,1-3H3,(H,47,49)(H,50,55)/t29-,39-/m1/s1. The molecule has 298 valence electrons. The lowest BCUT2D eigenvalue weighted by molar-refractivity contribution is -0.141. The summed E-state index contributed by atoms with van der Waals surface area (Å²) >= 11 is 14.1. The topological polar surface area (TPSA) is 127 Å². The number of aromatic nitrogens is 4. The average molecular weight is 824 g/mol. The summed E-state index contributed by atoms with van der Waals surface area (Å²) in [5, 5.41) is 10.5. The first kappa shape index (κ1) is 38.9. The molecule has 3 aliphatic rings. The second-order valence-electron chi connectivity index (χ2n) is 14.7. The molecule has 0 unspecified atom stereocenters. The van der Waals surface area contributed by atoms with E-state index in [1.807, 2.05) is 18.2 Å². The summed E-state index contributed by atoms with van der Waals surface area (Å²) in [5.74, 6) is 0.198. The molecule has 2 amide bonds. The minimum absolute atomic E-state index is 0.0258. The highest BCUT2D eigenvalue weighted by atomic mass is 35.5. The highest BCUT2D eigenvalue weighted by molar-refractivity contribution is 6.39. The molecule has 1 aliphatic carbocycles. The molecule has 2 aromatic carbocycles. The summed E-state index contributed by atoms with van der Waals surface area (Å²) in [6, 6.07) is 13.3. The molecule has 17 heteroatoms. The molecule has 12 nitrogen and oxygen atoms in total. The van der Waals surface area contributed by atoms with Crippen LogP contribution in [0, 0.1) is 0 Å². The van der Waals surface area contributed by atoms with Gasteiger partial charge in [-0.3, -0.25) is 9.69 Å². The van der Waals surface area contributed by atoms with Gasteiger partial charge in [-0.2, -0.15) is 18.3 Å². The lowest BCUT2D eigenvalue weighted by atomic mass is 9.92. The summed E-state index contributed by atoms with van der Waals surface area (Å²) in [7, 11) is 4.63. The lowest BCUT2D eigenvalue weighted by Gasteiger charge is -2.40. The Bertz CT molecular complexity index is 2470. The number of fused-ring (bicyclic) bond motifs is 2. The number of hydrogen-bond donors (Lipinski definition) is 2. The van der Waals surface area contributed by atoms with Crippen LogP contribution in [0.2, 0.25) is 10.0 Å². The monoisotopic (exact) mass is 822 g/mol. The van der Waals surface area contributed by atoms with Crippen molar-refractivity contribution in [3.05, 3.63) is 91.9 Å². The predicted molar refractivity (Wildman–Crippen MR) is 211 cm³/mol. The maximum atomic E-state index is 13.9. The van der Waals surface area contributed by atoms with Crippen LogP contribution in [-0.4, -0.2) is 88.1 Å². The number of alkyl halides is 3. The molecular formula is C40H39Cl2F3N8O4. The number of carbonyl (C=O) groups excluding carboxylic acids is 1. The molecule has 2 saturated heterocycles. The van der Waals surface area contributed by atoms with Gasteiger partial charge in [-0.05, 0) is 49.4 Å². The molecule has 1 spiro atoms. The van der Waals surface area contributed by atoms with Crippen molar-refractivity contribution in [2.45, 2.75) is 43.4 Å². The fourth-order valence-corrected chi connectivity index (χ4v) is 8.94. The largest absolute Gasteiger partial charge is 0.481 e. The van der Waals surface area contributed by atoms with Gasteiger partial charge in [0.25, 0.3) is 5.56 Å². The molecule has 2 fully saturated rings. The number of nitrogens with one attached hydrogen (secondary N) is 2. The number of nitrogens with zero attached hydrogens (tertiary/aromatic N) is 6. The first-order chi connectivity index (χ1) is 27.3. The highest BCUT2D eigenvalue weighted by Gasteiger charge is 2.46. The molecule has 0 radical (unpaired) electrons. The highest BCUT2D eigenvalue weighted by Crippen LogP contribution is 2.47. The van der Waals surface area contributed by atoms with Gasteiger partial charge in [0.2, 0.25) is 5.88 Å². The van der Waals surface area contributed by atoms with Gasteiger partial charge in [-0.15, -0.1) is 0 Å². The number of amides is 2. The molecule has 5 heterocycles. The van der Waals surface area contributed by atoms with Crippen LogP contribution < -0.4 is 20.9 Å². The van der Waals surface area contributed by atoms with E-state index in [1.54, 1.807) is 43.4 Å². The van der Waals surface area contributed by atoms with Crippen molar-refractivity contribution < 1.29 is 27.4 Å². The third-order valence-electron chi connectivity index (χ3n) is 11.3. The van der Waals surface area contributed by atoms with Crippen LogP contribution in [0.4, 0.5) is 29.5 Å². The summed E-state index contributed by atoms with van der Waals surface area (Å²) in [6.45, 7) is 3.33. The lowest BCUT2D eigenvalue weighted by Crippen LogP contribution is -2.61. The second kappa shape index (κ2) is 15.1. The smallest absolute Gasteiger partial charge is 0.433 e. The number of halogens is 5. The van der Waals surface area contributed by atoms with E-state index in [9.17, 15) is 22.8 Å². The number of hydrogen-bond acceptors (Lipinski definition) is 9. The number of ether oxygens (including phenoxy) is 2. The number of benzene rings is 2. The minimum atomic E-state index is -4.78. The molecule has 2 aliphatic heterocycles. The van der Waals surface area contributed by atoms with Gasteiger partial charge in [0, 0.05) is 74.0 Å². The van der Waals surface area contributed by atoms with Crippen LogP contribution in [0.15, 0.2) is 59.5 Å². The Balaban J connectivity index is 1.08. The van der Waals surface area contributed by atoms with Crippen molar-refractivity contribution in [1.29, 1.82) is 0 Å². The zero-order chi connectivity index (χ0) is 40.2. The number of pyridine rings is 2. The number of urea groups is 1. The van der Waals surface area contributed by atoms with E-state index in [0.29, 0.717) is 53.0 Å². The molecule has 0 bridgehead atoms.